The molecule has 1 aliphatic rings. The average molecular weight is 210 g/mol. The van der Waals surface area contributed by atoms with Crippen molar-refractivity contribution in [2.24, 2.45) is 0 Å². The van der Waals surface area contributed by atoms with Crippen molar-refractivity contribution in [2.75, 3.05) is 0 Å². The van der Waals surface area contributed by atoms with Gasteiger partial charge >= 0.3 is 5.97 Å². The maximum absolute atomic E-state index is 11.1. The van der Waals surface area contributed by atoms with Crippen molar-refractivity contribution in [3.63, 3.8) is 0 Å². The Labute approximate surface area is 87.3 Å². The molecule has 0 aliphatic heterocycles. The molecule has 0 spiro atoms. The van der Waals surface area contributed by atoms with Crippen LogP contribution in [0.4, 0.5) is 0 Å². The molecule has 0 saturated carbocycles. The fourth-order valence-electron chi connectivity index (χ4n) is 2.03. The van der Waals surface area contributed by atoms with Crippen LogP contribution in [0.5, 0.6) is 0 Å². The van der Waals surface area contributed by atoms with Gasteiger partial charge in [-0.3, -0.25) is 4.68 Å². The molecule has 2 N–H and O–H groups in total. The standard InChI is InChI=1S/C10H14N2O3/c1-5(2)12-9(10(14)15)8-6(11-12)3-4-7(8)13/h5,7,13H,3-4H2,1-2H3,(H,14,15). The van der Waals surface area contributed by atoms with Crippen molar-refractivity contribution in [1.82, 2.24) is 9.78 Å². The Balaban J connectivity index is 2.61. The summed E-state index contributed by atoms with van der Waals surface area (Å²) in [6, 6.07) is -0.00565. The number of hydrogen-bond acceptors (Lipinski definition) is 3. The fraction of sp³-hybridized carbons (Fsp3) is 0.600. The van der Waals surface area contributed by atoms with Crippen LogP contribution in [0.15, 0.2) is 0 Å². The van der Waals surface area contributed by atoms with Crippen molar-refractivity contribution in [3.8, 4) is 0 Å². The zero-order valence-corrected chi connectivity index (χ0v) is 8.77. The second-order valence-corrected chi connectivity index (χ2v) is 4.11. The van der Waals surface area contributed by atoms with E-state index in [0.29, 0.717) is 18.4 Å². The van der Waals surface area contributed by atoms with Crippen LogP contribution < -0.4 is 0 Å². The van der Waals surface area contributed by atoms with E-state index in [1.807, 2.05) is 13.8 Å². The summed E-state index contributed by atoms with van der Waals surface area (Å²) < 4.78 is 1.48. The van der Waals surface area contributed by atoms with E-state index in [-0.39, 0.29) is 11.7 Å². The summed E-state index contributed by atoms with van der Waals surface area (Å²) in [6.07, 6.45) is 0.575. The molecule has 5 heteroatoms. The van der Waals surface area contributed by atoms with Gasteiger partial charge in [0.2, 0.25) is 0 Å². The molecule has 0 fully saturated rings. The lowest BCUT2D eigenvalue weighted by Gasteiger charge is -2.10. The summed E-state index contributed by atoms with van der Waals surface area (Å²) in [5.41, 5.74) is 1.38. The van der Waals surface area contributed by atoms with Crippen LogP contribution in [0, 0.1) is 0 Å². The number of carboxylic acid groups (broad SMARTS) is 1. The summed E-state index contributed by atoms with van der Waals surface area (Å²) in [5.74, 6) is -1.02. The number of hydrogen-bond donors (Lipinski definition) is 2. The summed E-state index contributed by atoms with van der Waals surface area (Å²) in [5, 5.41) is 23.0. The van der Waals surface area contributed by atoms with Crippen molar-refractivity contribution in [2.45, 2.75) is 38.8 Å². The Morgan fingerprint density at radius 1 is 1.60 bits per heavy atom. The molecular weight excluding hydrogens is 196 g/mol. The van der Waals surface area contributed by atoms with Gasteiger partial charge in [-0.1, -0.05) is 0 Å². The summed E-state index contributed by atoms with van der Waals surface area (Å²) in [6.45, 7) is 3.75. The van der Waals surface area contributed by atoms with E-state index in [0.717, 1.165) is 5.69 Å². The number of rotatable bonds is 2. The minimum absolute atomic E-state index is 0.00565. The van der Waals surface area contributed by atoms with E-state index in [1.165, 1.54) is 4.68 Å². The smallest absolute Gasteiger partial charge is 0.354 e. The van der Waals surface area contributed by atoms with Crippen LogP contribution >= 0.6 is 0 Å². The van der Waals surface area contributed by atoms with Gasteiger partial charge in [0.25, 0.3) is 0 Å². The quantitative estimate of drug-likeness (QED) is 0.767. The molecular formula is C10H14N2O3. The Kier molecular flexibility index (Phi) is 2.26. The molecule has 5 nitrogen and oxygen atoms in total. The van der Waals surface area contributed by atoms with Crippen LogP contribution in [-0.4, -0.2) is 26.0 Å². The number of aromatic carboxylic acids is 1. The summed E-state index contributed by atoms with van der Waals surface area (Å²) in [7, 11) is 0. The first kappa shape index (κ1) is 10.2. The van der Waals surface area contributed by atoms with Gasteiger partial charge in [-0.15, -0.1) is 0 Å². The Hall–Kier alpha value is -1.36. The molecule has 1 heterocycles. The van der Waals surface area contributed by atoms with Gasteiger partial charge in [-0.2, -0.15) is 5.10 Å². The number of nitrogens with zero attached hydrogens (tertiary/aromatic N) is 2. The topological polar surface area (TPSA) is 75.4 Å². The normalized spacial score (nSPS) is 19.6. The van der Waals surface area contributed by atoms with Gasteiger partial charge in [0.15, 0.2) is 5.69 Å². The number of carbonyl (C=O) groups is 1. The second-order valence-electron chi connectivity index (χ2n) is 4.11. The number of fused-ring (bicyclic) bond motifs is 1. The van der Waals surface area contributed by atoms with Crippen molar-refractivity contribution < 1.29 is 15.0 Å². The molecule has 0 saturated heterocycles. The van der Waals surface area contributed by atoms with Crippen molar-refractivity contribution in [3.05, 3.63) is 17.0 Å². The third-order valence-corrected chi connectivity index (χ3v) is 2.70. The third-order valence-electron chi connectivity index (χ3n) is 2.70. The van der Waals surface area contributed by atoms with Crippen LogP contribution in [-0.2, 0) is 6.42 Å². The van der Waals surface area contributed by atoms with Gasteiger partial charge in [0.05, 0.1) is 11.8 Å². The SMILES string of the molecule is CC(C)n1nc2c(c1C(=O)O)C(O)CC2. The highest BCUT2D eigenvalue weighted by Gasteiger charge is 2.32. The minimum atomic E-state index is -1.02. The van der Waals surface area contributed by atoms with E-state index in [1.54, 1.807) is 0 Å². The molecule has 1 unspecified atom stereocenters. The molecule has 1 atom stereocenters. The molecule has 0 aromatic carbocycles. The highest BCUT2D eigenvalue weighted by atomic mass is 16.4. The van der Waals surface area contributed by atoms with Gasteiger partial charge in [-0.05, 0) is 26.7 Å². The average Bonchev–Trinajstić information content (AvgIpc) is 2.65. The fourth-order valence-corrected chi connectivity index (χ4v) is 2.03. The van der Waals surface area contributed by atoms with Crippen molar-refractivity contribution >= 4 is 5.97 Å². The molecule has 15 heavy (non-hydrogen) atoms. The van der Waals surface area contributed by atoms with Crippen LogP contribution in [0.25, 0.3) is 0 Å². The van der Waals surface area contributed by atoms with Crippen LogP contribution in [0.1, 0.15) is 54.2 Å². The molecule has 2 rings (SSSR count). The number of aliphatic hydroxyl groups is 1. The van der Waals surface area contributed by atoms with E-state index >= 15 is 0 Å². The lowest BCUT2D eigenvalue weighted by molar-refractivity contribution is 0.0672. The molecule has 1 aliphatic carbocycles. The van der Waals surface area contributed by atoms with Crippen LogP contribution in [0.2, 0.25) is 0 Å². The summed E-state index contributed by atoms with van der Waals surface area (Å²) >= 11 is 0. The molecule has 0 bridgehead atoms. The second kappa shape index (κ2) is 3.34. The number of aliphatic hydroxyl groups excluding tert-OH is 1. The lowest BCUT2D eigenvalue weighted by atomic mass is 10.1. The third kappa shape index (κ3) is 1.43. The molecule has 0 amide bonds. The summed E-state index contributed by atoms with van der Waals surface area (Å²) in [4.78, 5) is 11.1. The van der Waals surface area contributed by atoms with Gasteiger partial charge in [-0.25, -0.2) is 4.79 Å². The first-order valence-corrected chi connectivity index (χ1v) is 5.05. The van der Waals surface area contributed by atoms with E-state index in [2.05, 4.69) is 5.10 Å². The molecule has 1 aromatic rings. The number of aryl methyl sites for hydroxylation is 1. The molecule has 0 radical (unpaired) electrons. The van der Waals surface area contributed by atoms with Gasteiger partial charge in [0, 0.05) is 11.6 Å². The Bertz CT molecular complexity index is 409. The van der Waals surface area contributed by atoms with E-state index < -0.39 is 12.1 Å². The predicted octanol–water partition coefficient (Wildman–Crippen LogP) is 1.14. The van der Waals surface area contributed by atoms with E-state index in [9.17, 15) is 9.90 Å². The largest absolute Gasteiger partial charge is 0.477 e. The first-order chi connectivity index (χ1) is 7.02. The first-order valence-electron chi connectivity index (χ1n) is 5.05. The maximum Gasteiger partial charge on any atom is 0.354 e. The zero-order valence-electron chi connectivity index (χ0n) is 8.77. The van der Waals surface area contributed by atoms with Gasteiger partial charge < -0.3 is 10.2 Å². The number of aromatic nitrogens is 2. The minimum Gasteiger partial charge on any atom is -0.477 e. The van der Waals surface area contributed by atoms with E-state index in [4.69, 9.17) is 5.11 Å². The lowest BCUT2D eigenvalue weighted by Crippen LogP contribution is -2.14. The highest BCUT2D eigenvalue weighted by molar-refractivity contribution is 5.88. The number of carboxylic acids is 1. The molecule has 82 valence electrons. The highest BCUT2D eigenvalue weighted by Crippen LogP contribution is 2.34. The van der Waals surface area contributed by atoms with Crippen molar-refractivity contribution in [1.29, 1.82) is 0 Å². The maximum atomic E-state index is 11.1. The Morgan fingerprint density at radius 3 is 2.80 bits per heavy atom. The van der Waals surface area contributed by atoms with Gasteiger partial charge in [0.1, 0.15) is 0 Å². The predicted molar refractivity (Wildman–Crippen MR) is 52.9 cm³/mol. The zero-order chi connectivity index (χ0) is 11.2. The monoisotopic (exact) mass is 210 g/mol. The molecule has 1 aromatic heterocycles. The van der Waals surface area contributed by atoms with Crippen LogP contribution in [0.3, 0.4) is 0 Å². The Morgan fingerprint density at radius 2 is 2.27 bits per heavy atom.